The number of halogens is 1. The van der Waals surface area contributed by atoms with E-state index < -0.39 is 0 Å². The lowest BCUT2D eigenvalue weighted by molar-refractivity contribution is 0.317. The van der Waals surface area contributed by atoms with Crippen molar-refractivity contribution in [3.05, 3.63) is 36.2 Å². The molecule has 2 N–H and O–H groups in total. The molecule has 0 radical (unpaired) electrons. The van der Waals surface area contributed by atoms with Gasteiger partial charge >= 0.3 is 0 Å². The third-order valence-electron chi connectivity index (χ3n) is 3.42. The molecule has 0 atom stereocenters. The zero-order valence-corrected chi connectivity index (χ0v) is 14.4. The molecule has 0 bridgehead atoms. The molecule has 3 aromatic rings. The molecule has 0 aliphatic carbocycles. The van der Waals surface area contributed by atoms with Gasteiger partial charge in [-0.05, 0) is 25.5 Å². The third kappa shape index (κ3) is 3.71. The number of aryl methyl sites for hydroxylation is 1. The normalized spacial score (nSPS) is 10.8. The van der Waals surface area contributed by atoms with E-state index in [1.807, 2.05) is 38.2 Å². The number of alkyl halides is 1. The standard InChI is InChI=1S/C17H19ClN4O2/c1-11-8-15(19-2)22-17(20-11)21-13-9-12-4-7-24-16(12)14(10-13)23-6-3-5-18/h4,7-10H,3,5-6H2,1-2H3,(H2,19,20,21,22). The quantitative estimate of drug-likeness (QED) is 0.490. The maximum Gasteiger partial charge on any atom is 0.229 e. The summed E-state index contributed by atoms with van der Waals surface area (Å²) in [4.78, 5) is 8.81. The minimum Gasteiger partial charge on any atom is -0.490 e. The lowest BCUT2D eigenvalue weighted by Gasteiger charge is -2.11. The van der Waals surface area contributed by atoms with Gasteiger partial charge in [-0.15, -0.1) is 11.6 Å². The molecule has 2 aromatic heterocycles. The zero-order valence-electron chi connectivity index (χ0n) is 13.6. The predicted octanol–water partition coefficient (Wildman–Crippen LogP) is 4.32. The van der Waals surface area contributed by atoms with Crippen LogP contribution in [0.1, 0.15) is 12.1 Å². The number of benzene rings is 1. The Balaban J connectivity index is 1.90. The molecule has 126 valence electrons. The van der Waals surface area contributed by atoms with E-state index in [0.29, 0.717) is 24.2 Å². The predicted molar refractivity (Wildman–Crippen MR) is 96.6 cm³/mol. The number of aromatic nitrogens is 2. The van der Waals surface area contributed by atoms with Crippen LogP contribution in [-0.2, 0) is 0 Å². The van der Waals surface area contributed by atoms with Crippen molar-refractivity contribution in [2.75, 3.05) is 30.2 Å². The number of hydrogen-bond acceptors (Lipinski definition) is 6. The molecule has 0 saturated heterocycles. The Labute approximate surface area is 145 Å². The molecular weight excluding hydrogens is 328 g/mol. The Morgan fingerprint density at radius 3 is 2.92 bits per heavy atom. The van der Waals surface area contributed by atoms with Gasteiger partial charge < -0.3 is 19.8 Å². The van der Waals surface area contributed by atoms with E-state index in [1.165, 1.54) is 0 Å². The summed E-state index contributed by atoms with van der Waals surface area (Å²) in [7, 11) is 1.83. The van der Waals surface area contributed by atoms with Gasteiger partial charge in [-0.3, -0.25) is 0 Å². The van der Waals surface area contributed by atoms with Crippen molar-refractivity contribution in [2.24, 2.45) is 0 Å². The molecule has 0 aliphatic rings. The Morgan fingerprint density at radius 1 is 1.25 bits per heavy atom. The monoisotopic (exact) mass is 346 g/mol. The molecule has 0 saturated carbocycles. The largest absolute Gasteiger partial charge is 0.490 e. The first-order valence-corrected chi connectivity index (χ1v) is 8.23. The number of hydrogen-bond donors (Lipinski definition) is 2. The summed E-state index contributed by atoms with van der Waals surface area (Å²) < 4.78 is 11.3. The van der Waals surface area contributed by atoms with Gasteiger partial charge in [0.2, 0.25) is 5.95 Å². The van der Waals surface area contributed by atoms with E-state index in [0.717, 1.165) is 34.6 Å². The maximum absolute atomic E-state index is 5.79. The SMILES string of the molecule is CNc1cc(C)nc(Nc2cc(OCCCCl)c3occc3c2)n1. The van der Waals surface area contributed by atoms with Gasteiger partial charge in [-0.1, -0.05) is 0 Å². The molecule has 3 rings (SSSR count). The molecule has 0 spiro atoms. The minimum atomic E-state index is 0.522. The van der Waals surface area contributed by atoms with Crippen LogP contribution < -0.4 is 15.4 Å². The average molecular weight is 347 g/mol. The van der Waals surface area contributed by atoms with Gasteiger partial charge in [0, 0.05) is 41.8 Å². The minimum absolute atomic E-state index is 0.522. The third-order valence-corrected chi connectivity index (χ3v) is 3.69. The van der Waals surface area contributed by atoms with Crippen LogP contribution in [0, 0.1) is 6.92 Å². The number of furan rings is 1. The van der Waals surface area contributed by atoms with Crippen molar-refractivity contribution >= 4 is 40.0 Å². The molecule has 24 heavy (non-hydrogen) atoms. The number of rotatable bonds is 7. The fourth-order valence-electron chi connectivity index (χ4n) is 2.35. The van der Waals surface area contributed by atoms with Crippen molar-refractivity contribution in [1.29, 1.82) is 0 Å². The van der Waals surface area contributed by atoms with Crippen LogP contribution >= 0.6 is 11.6 Å². The Hall–Kier alpha value is -2.47. The topological polar surface area (TPSA) is 72.2 Å². The van der Waals surface area contributed by atoms with Gasteiger partial charge in [0.15, 0.2) is 11.3 Å². The van der Waals surface area contributed by atoms with Crippen LogP contribution in [0.25, 0.3) is 11.0 Å². The van der Waals surface area contributed by atoms with E-state index >= 15 is 0 Å². The average Bonchev–Trinajstić information content (AvgIpc) is 3.03. The molecule has 1 aromatic carbocycles. The van der Waals surface area contributed by atoms with Gasteiger partial charge in [0.1, 0.15) is 5.82 Å². The van der Waals surface area contributed by atoms with Crippen LogP contribution in [0.3, 0.4) is 0 Å². The summed E-state index contributed by atoms with van der Waals surface area (Å²) in [5.74, 6) is 2.51. The summed E-state index contributed by atoms with van der Waals surface area (Å²) in [6.45, 7) is 2.46. The van der Waals surface area contributed by atoms with Crippen molar-refractivity contribution in [1.82, 2.24) is 9.97 Å². The summed E-state index contributed by atoms with van der Waals surface area (Å²) in [5.41, 5.74) is 2.42. The second-order valence-corrected chi connectivity index (χ2v) is 5.68. The van der Waals surface area contributed by atoms with Gasteiger partial charge in [0.05, 0.1) is 12.9 Å². The lowest BCUT2D eigenvalue weighted by atomic mass is 10.2. The fourth-order valence-corrected chi connectivity index (χ4v) is 2.46. The van der Waals surface area contributed by atoms with Crippen LogP contribution in [0.5, 0.6) is 5.75 Å². The van der Waals surface area contributed by atoms with E-state index in [-0.39, 0.29) is 0 Å². The van der Waals surface area contributed by atoms with Crippen molar-refractivity contribution in [3.63, 3.8) is 0 Å². The number of ether oxygens (including phenoxy) is 1. The van der Waals surface area contributed by atoms with Crippen LogP contribution in [0.15, 0.2) is 34.9 Å². The second-order valence-electron chi connectivity index (χ2n) is 5.30. The van der Waals surface area contributed by atoms with E-state index in [1.54, 1.807) is 6.26 Å². The number of anilines is 3. The highest BCUT2D eigenvalue weighted by molar-refractivity contribution is 6.17. The Morgan fingerprint density at radius 2 is 2.12 bits per heavy atom. The molecular formula is C17H19ClN4O2. The van der Waals surface area contributed by atoms with Crippen LogP contribution in [0.2, 0.25) is 0 Å². The molecule has 6 nitrogen and oxygen atoms in total. The molecule has 0 unspecified atom stereocenters. The van der Waals surface area contributed by atoms with E-state index in [4.69, 9.17) is 20.8 Å². The highest BCUT2D eigenvalue weighted by Gasteiger charge is 2.10. The van der Waals surface area contributed by atoms with Crippen molar-refractivity contribution in [2.45, 2.75) is 13.3 Å². The molecule has 0 aliphatic heterocycles. The van der Waals surface area contributed by atoms with Gasteiger partial charge in [0.25, 0.3) is 0 Å². The summed E-state index contributed by atoms with van der Waals surface area (Å²) in [5, 5.41) is 7.19. The first kappa shape index (κ1) is 16.4. The first-order chi connectivity index (χ1) is 11.7. The smallest absolute Gasteiger partial charge is 0.229 e. The Kier molecular flexibility index (Phi) is 5.05. The second kappa shape index (κ2) is 7.40. The van der Waals surface area contributed by atoms with Gasteiger partial charge in [-0.2, -0.15) is 4.98 Å². The molecule has 0 amide bonds. The lowest BCUT2D eigenvalue weighted by Crippen LogP contribution is -2.03. The summed E-state index contributed by atoms with van der Waals surface area (Å²) >= 11 is 5.71. The van der Waals surface area contributed by atoms with Gasteiger partial charge in [-0.25, -0.2) is 4.98 Å². The first-order valence-electron chi connectivity index (χ1n) is 7.70. The number of fused-ring (bicyclic) bond motifs is 1. The summed E-state index contributed by atoms with van der Waals surface area (Å²) in [6, 6.07) is 7.62. The van der Waals surface area contributed by atoms with E-state index in [2.05, 4.69) is 20.6 Å². The molecule has 2 heterocycles. The molecule has 7 heteroatoms. The van der Waals surface area contributed by atoms with Crippen LogP contribution in [-0.4, -0.2) is 29.5 Å². The molecule has 0 fully saturated rings. The number of nitrogens with one attached hydrogen (secondary N) is 2. The Bertz CT molecular complexity index is 835. The van der Waals surface area contributed by atoms with Crippen molar-refractivity contribution < 1.29 is 9.15 Å². The highest BCUT2D eigenvalue weighted by atomic mass is 35.5. The summed E-state index contributed by atoms with van der Waals surface area (Å²) in [6.07, 6.45) is 2.42. The zero-order chi connectivity index (χ0) is 16.9. The maximum atomic E-state index is 5.79. The fraction of sp³-hybridized carbons (Fsp3) is 0.294. The highest BCUT2D eigenvalue weighted by Crippen LogP contribution is 2.32. The number of nitrogens with zero attached hydrogens (tertiary/aromatic N) is 2. The van der Waals surface area contributed by atoms with Crippen LogP contribution in [0.4, 0.5) is 17.5 Å². The van der Waals surface area contributed by atoms with E-state index in [9.17, 15) is 0 Å². The van der Waals surface area contributed by atoms with Crippen molar-refractivity contribution in [3.8, 4) is 5.75 Å².